The van der Waals surface area contributed by atoms with Gasteiger partial charge in [0.2, 0.25) is 0 Å². The summed E-state index contributed by atoms with van der Waals surface area (Å²) in [7, 11) is -0.996. The lowest BCUT2D eigenvalue weighted by molar-refractivity contribution is 0.238. The fourth-order valence-corrected chi connectivity index (χ4v) is 4.81. The minimum absolute atomic E-state index is 0.0490. The van der Waals surface area contributed by atoms with E-state index in [1.807, 2.05) is 23.4 Å². The highest BCUT2D eigenvalue weighted by atomic mass is 32.2. The van der Waals surface area contributed by atoms with Gasteiger partial charge in [-0.2, -0.15) is 0 Å². The van der Waals surface area contributed by atoms with Crippen LogP contribution in [0.15, 0.2) is 17.5 Å². The number of nitrogens with two attached hydrogens (primary N) is 1. The number of sulfone groups is 1. The Morgan fingerprint density at radius 2 is 2.31 bits per heavy atom. The molecule has 0 spiro atoms. The van der Waals surface area contributed by atoms with Crippen molar-refractivity contribution in [3.8, 4) is 0 Å². The largest absolute Gasteiger partial charge is 0.325 e. The number of nitrogens with zero attached hydrogens (tertiary/aromatic N) is 1. The van der Waals surface area contributed by atoms with E-state index < -0.39 is 9.84 Å². The zero-order valence-electron chi connectivity index (χ0n) is 9.17. The molecular formula is C10H16N2O2S2. The summed E-state index contributed by atoms with van der Waals surface area (Å²) in [5.41, 5.74) is 5.87. The van der Waals surface area contributed by atoms with Crippen molar-refractivity contribution >= 4 is 21.2 Å². The molecule has 1 aliphatic rings. The van der Waals surface area contributed by atoms with Gasteiger partial charge in [0.05, 0.1) is 11.5 Å². The average molecular weight is 260 g/mol. The normalized spacial score (nSPS) is 28.7. The molecular weight excluding hydrogens is 244 g/mol. The van der Waals surface area contributed by atoms with Gasteiger partial charge in [-0.1, -0.05) is 6.07 Å². The highest BCUT2D eigenvalue weighted by Crippen LogP contribution is 2.19. The Bertz CT molecular complexity index is 441. The topological polar surface area (TPSA) is 63.4 Å². The zero-order valence-corrected chi connectivity index (χ0v) is 10.8. The standard InChI is InChI=1S/C10H16N2O2S2/c1-12(5-8-3-2-4-15-8)10-7-16(13,14)6-9(10)11/h2-4,9-10H,5-7,11H2,1H3. The van der Waals surface area contributed by atoms with E-state index >= 15 is 0 Å². The van der Waals surface area contributed by atoms with Crippen LogP contribution in [0.3, 0.4) is 0 Å². The van der Waals surface area contributed by atoms with Crippen LogP contribution in [0.1, 0.15) is 4.88 Å². The molecule has 6 heteroatoms. The minimum atomic E-state index is -2.93. The van der Waals surface area contributed by atoms with Crippen LogP contribution in [0.2, 0.25) is 0 Å². The first-order valence-electron chi connectivity index (χ1n) is 5.16. The maximum atomic E-state index is 11.5. The SMILES string of the molecule is CN(Cc1cccs1)C1CS(=O)(=O)CC1N. The van der Waals surface area contributed by atoms with Crippen LogP contribution < -0.4 is 5.73 Å². The first-order chi connectivity index (χ1) is 7.48. The van der Waals surface area contributed by atoms with E-state index in [4.69, 9.17) is 5.73 Å². The van der Waals surface area contributed by atoms with Gasteiger partial charge in [0, 0.05) is 23.5 Å². The minimum Gasteiger partial charge on any atom is -0.325 e. The third kappa shape index (κ3) is 2.63. The van der Waals surface area contributed by atoms with E-state index in [0.29, 0.717) is 0 Å². The first-order valence-corrected chi connectivity index (χ1v) is 7.87. The monoisotopic (exact) mass is 260 g/mol. The summed E-state index contributed by atoms with van der Waals surface area (Å²) in [6.45, 7) is 0.769. The van der Waals surface area contributed by atoms with Gasteiger partial charge < -0.3 is 5.73 Å². The summed E-state index contributed by atoms with van der Waals surface area (Å²) in [6.07, 6.45) is 0. The molecule has 0 bridgehead atoms. The molecule has 1 saturated heterocycles. The van der Waals surface area contributed by atoms with Crippen molar-refractivity contribution in [1.82, 2.24) is 4.90 Å². The Morgan fingerprint density at radius 3 is 2.81 bits per heavy atom. The van der Waals surface area contributed by atoms with E-state index in [9.17, 15) is 8.42 Å². The van der Waals surface area contributed by atoms with E-state index in [1.54, 1.807) is 11.3 Å². The third-order valence-corrected chi connectivity index (χ3v) is 5.52. The van der Waals surface area contributed by atoms with Crippen LogP contribution in [0.5, 0.6) is 0 Å². The zero-order chi connectivity index (χ0) is 11.8. The average Bonchev–Trinajstić information content (AvgIpc) is 2.73. The van der Waals surface area contributed by atoms with Crippen molar-refractivity contribution in [2.24, 2.45) is 5.73 Å². The number of rotatable bonds is 3. The molecule has 4 nitrogen and oxygen atoms in total. The summed E-state index contributed by atoms with van der Waals surface area (Å²) >= 11 is 1.68. The molecule has 0 aliphatic carbocycles. The van der Waals surface area contributed by atoms with Crippen molar-refractivity contribution in [3.63, 3.8) is 0 Å². The van der Waals surface area contributed by atoms with Gasteiger partial charge in [0.1, 0.15) is 0 Å². The molecule has 2 heterocycles. The van der Waals surface area contributed by atoms with Gasteiger partial charge >= 0.3 is 0 Å². The molecule has 0 radical (unpaired) electrons. The second-order valence-corrected chi connectivity index (χ2v) is 7.49. The van der Waals surface area contributed by atoms with Crippen molar-refractivity contribution in [3.05, 3.63) is 22.4 Å². The predicted molar refractivity (Wildman–Crippen MR) is 66.2 cm³/mol. The van der Waals surface area contributed by atoms with E-state index in [-0.39, 0.29) is 23.6 Å². The number of hydrogen-bond donors (Lipinski definition) is 1. The van der Waals surface area contributed by atoms with Crippen molar-refractivity contribution in [1.29, 1.82) is 0 Å². The van der Waals surface area contributed by atoms with E-state index in [1.165, 1.54) is 4.88 Å². The van der Waals surface area contributed by atoms with Crippen LogP contribution in [0.25, 0.3) is 0 Å². The summed E-state index contributed by atoms with van der Waals surface area (Å²) in [5.74, 6) is 0.308. The Balaban J connectivity index is 2.03. The Labute approximate surface area is 100.0 Å². The van der Waals surface area contributed by atoms with Crippen LogP contribution in [-0.4, -0.2) is 44.0 Å². The van der Waals surface area contributed by atoms with Crippen LogP contribution in [0, 0.1) is 0 Å². The molecule has 1 aromatic heterocycles. The summed E-state index contributed by atoms with van der Waals surface area (Å²) in [5, 5.41) is 2.02. The van der Waals surface area contributed by atoms with Gasteiger partial charge in [-0.3, -0.25) is 4.90 Å². The Kier molecular flexibility index (Phi) is 3.34. The van der Waals surface area contributed by atoms with Gasteiger partial charge in [-0.05, 0) is 18.5 Å². The highest BCUT2D eigenvalue weighted by Gasteiger charge is 2.37. The molecule has 2 atom stereocenters. The van der Waals surface area contributed by atoms with Crippen LogP contribution in [0.4, 0.5) is 0 Å². The van der Waals surface area contributed by atoms with Crippen LogP contribution >= 0.6 is 11.3 Å². The lowest BCUT2D eigenvalue weighted by Crippen LogP contribution is -2.44. The summed E-state index contributed by atoms with van der Waals surface area (Å²) < 4.78 is 22.9. The lowest BCUT2D eigenvalue weighted by Gasteiger charge is -2.25. The third-order valence-electron chi connectivity index (χ3n) is 2.92. The molecule has 0 aromatic carbocycles. The fraction of sp³-hybridized carbons (Fsp3) is 0.600. The van der Waals surface area contributed by atoms with Crippen molar-refractivity contribution in [2.75, 3.05) is 18.6 Å². The van der Waals surface area contributed by atoms with Gasteiger partial charge in [-0.25, -0.2) is 8.42 Å². The molecule has 2 N–H and O–H groups in total. The summed E-state index contributed by atoms with van der Waals surface area (Å²) in [4.78, 5) is 3.28. The number of likely N-dealkylation sites (N-methyl/N-ethyl adjacent to an activating group) is 1. The van der Waals surface area contributed by atoms with Crippen LogP contribution in [-0.2, 0) is 16.4 Å². The molecule has 0 amide bonds. The predicted octanol–water partition coefficient (Wildman–Crippen LogP) is 0.304. The quantitative estimate of drug-likeness (QED) is 0.849. The second-order valence-electron chi connectivity index (χ2n) is 4.30. The molecule has 0 saturated carbocycles. The van der Waals surface area contributed by atoms with E-state index in [0.717, 1.165) is 6.54 Å². The number of thiophene rings is 1. The van der Waals surface area contributed by atoms with E-state index in [2.05, 4.69) is 6.07 Å². The van der Waals surface area contributed by atoms with Crippen molar-refractivity contribution < 1.29 is 8.42 Å². The molecule has 16 heavy (non-hydrogen) atoms. The van der Waals surface area contributed by atoms with Gasteiger partial charge in [0.15, 0.2) is 9.84 Å². The molecule has 2 unspecified atom stereocenters. The molecule has 1 aliphatic heterocycles. The fourth-order valence-electron chi connectivity index (χ4n) is 2.08. The maximum Gasteiger partial charge on any atom is 0.153 e. The first kappa shape index (κ1) is 12.0. The maximum absolute atomic E-state index is 11.5. The molecule has 1 fully saturated rings. The van der Waals surface area contributed by atoms with Crippen molar-refractivity contribution in [2.45, 2.75) is 18.6 Å². The smallest absolute Gasteiger partial charge is 0.153 e. The summed E-state index contributed by atoms with van der Waals surface area (Å²) in [6, 6.07) is 3.75. The number of hydrogen-bond acceptors (Lipinski definition) is 5. The second kappa shape index (κ2) is 4.44. The lowest BCUT2D eigenvalue weighted by atomic mass is 10.1. The molecule has 2 rings (SSSR count). The molecule has 90 valence electrons. The Morgan fingerprint density at radius 1 is 1.56 bits per heavy atom. The Hall–Kier alpha value is -0.430. The van der Waals surface area contributed by atoms with Gasteiger partial charge in [0.25, 0.3) is 0 Å². The van der Waals surface area contributed by atoms with Gasteiger partial charge in [-0.15, -0.1) is 11.3 Å². The highest BCUT2D eigenvalue weighted by molar-refractivity contribution is 7.91. The molecule has 1 aromatic rings.